The first-order valence-corrected chi connectivity index (χ1v) is 5.94. The first kappa shape index (κ1) is 10.5. The minimum absolute atomic E-state index is 0.0969. The highest BCUT2D eigenvalue weighted by molar-refractivity contribution is 7.09. The van der Waals surface area contributed by atoms with Gasteiger partial charge < -0.3 is 5.32 Å². The zero-order valence-corrected chi connectivity index (χ0v) is 9.15. The molecule has 3 nitrogen and oxygen atoms in total. The number of rotatable bonds is 5. The van der Waals surface area contributed by atoms with Crippen molar-refractivity contribution in [2.45, 2.75) is 25.2 Å². The van der Waals surface area contributed by atoms with Gasteiger partial charge in [-0.05, 0) is 12.8 Å². The fourth-order valence-electron chi connectivity index (χ4n) is 1.36. The molecule has 0 atom stereocenters. The monoisotopic (exact) mass is 228 g/mol. The first-order valence-electron chi connectivity index (χ1n) is 5.06. The summed E-state index contributed by atoms with van der Waals surface area (Å²) in [6.07, 6.45) is 2.71. The second kappa shape index (κ2) is 4.70. The van der Waals surface area contributed by atoms with E-state index in [4.69, 9.17) is 0 Å². The van der Waals surface area contributed by atoms with E-state index in [0.717, 1.165) is 10.7 Å². The standard InChI is InChI=1S/C10H13FN2OS/c11-3-4-12-9(14)5-10-13-8(6-15-10)7-1-2-7/h6-7H,1-5H2,(H,12,14). The third-order valence-corrected chi connectivity index (χ3v) is 3.16. The lowest BCUT2D eigenvalue weighted by atomic mass is 10.3. The van der Waals surface area contributed by atoms with E-state index in [9.17, 15) is 9.18 Å². The van der Waals surface area contributed by atoms with Gasteiger partial charge in [-0.1, -0.05) is 0 Å². The molecular weight excluding hydrogens is 215 g/mol. The maximum absolute atomic E-state index is 11.8. The Labute approximate surface area is 91.7 Å². The van der Waals surface area contributed by atoms with Gasteiger partial charge in [0.2, 0.25) is 5.91 Å². The van der Waals surface area contributed by atoms with Gasteiger partial charge in [-0.3, -0.25) is 4.79 Å². The molecule has 0 radical (unpaired) electrons. The molecule has 1 heterocycles. The molecule has 1 aromatic heterocycles. The molecule has 1 N–H and O–H groups in total. The number of thiazole rings is 1. The fraction of sp³-hybridized carbons (Fsp3) is 0.600. The second-order valence-electron chi connectivity index (χ2n) is 3.66. The largest absolute Gasteiger partial charge is 0.353 e. The van der Waals surface area contributed by atoms with Gasteiger partial charge >= 0.3 is 0 Å². The Morgan fingerprint density at radius 2 is 2.47 bits per heavy atom. The molecule has 0 aliphatic heterocycles. The molecule has 0 bridgehead atoms. The van der Waals surface area contributed by atoms with Crippen LogP contribution in [0.15, 0.2) is 5.38 Å². The van der Waals surface area contributed by atoms with Gasteiger partial charge in [-0.2, -0.15) is 0 Å². The Bertz CT molecular complexity index is 349. The lowest BCUT2D eigenvalue weighted by molar-refractivity contribution is -0.120. The molecule has 1 aromatic rings. The molecule has 15 heavy (non-hydrogen) atoms. The summed E-state index contributed by atoms with van der Waals surface area (Å²) in [5.41, 5.74) is 1.12. The number of nitrogens with one attached hydrogen (secondary N) is 1. The molecule has 2 rings (SSSR count). The minimum atomic E-state index is -0.517. The molecule has 1 aliphatic carbocycles. The molecule has 0 unspecified atom stereocenters. The molecule has 82 valence electrons. The van der Waals surface area contributed by atoms with Crippen molar-refractivity contribution in [3.63, 3.8) is 0 Å². The fourth-order valence-corrected chi connectivity index (χ4v) is 2.23. The first-order chi connectivity index (χ1) is 7.29. The van der Waals surface area contributed by atoms with Crippen LogP contribution in [0, 0.1) is 0 Å². The number of hydrogen-bond acceptors (Lipinski definition) is 3. The van der Waals surface area contributed by atoms with Crippen LogP contribution in [-0.2, 0) is 11.2 Å². The Morgan fingerprint density at radius 1 is 1.67 bits per heavy atom. The number of aromatic nitrogens is 1. The average molecular weight is 228 g/mol. The van der Waals surface area contributed by atoms with Crippen molar-refractivity contribution in [1.29, 1.82) is 0 Å². The molecule has 1 aliphatic rings. The highest BCUT2D eigenvalue weighted by Crippen LogP contribution is 2.40. The SMILES string of the molecule is O=C(Cc1nc(C2CC2)cs1)NCCF. The number of alkyl halides is 1. The maximum atomic E-state index is 11.8. The normalized spacial score (nSPS) is 15.3. The molecule has 0 saturated heterocycles. The average Bonchev–Trinajstić information content (AvgIpc) is 2.98. The molecule has 1 saturated carbocycles. The predicted octanol–water partition coefficient (Wildman–Crippen LogP) is 1.65. The van der Waals surface area contributed by atoms with Crippen molar-refractivity contribution in [3.05, 3.63) is 16.1 Å². The van der Waals surface area contributed by atoms with Crippen LogP contribution in [0.2, 0.25) is 0 Å². The number of carbonyl (C=O) groups is 1. The predicted molar refractivity (Wildman–Crippen MR) is 56.8 cm³/mol. The summed E-state index contributed by atoms with van der Waals surface area (Å²) in [4.78, 5) is 15.6. The summed E-state index contributed by atoms with van der Waals surface area (Å²) in [6, 6.07) is 0. The zero-order valence-electron chi connectivity index (χ0n) is 8.33. The van der Waals surface area contributed by atoms with Crippen molar-refractivity contribution in [3.8, 4) is 0 Å². The zero-order chi connectivity index (χ0) is 10.7. The molecule has 1 amide bonds. The van der Waals surface area contributed by atoms with E-state index in [2.05, 4.69) is 10.3 Å². The Morgan fingerprint density at radius 3 is 3.13 bits per heavy atom. The Kier molecular flexibility index (Phi) is 3.30. The van der Waals surface area contributed by atoms with Crippen LogP contribution in [0.5, 0.6) is 0 Å². The van der Waals surface area contributed by atoms with E-state index in [0.29, 0.717) is 5.92 Å². The molecule has 5 heteroatoms. The van der Waals surface area contributed by atoms with Crippen molar-refractivity contribution in [1.82, 2.24) is 10.3 Å². The summed E-state index contributed by atoms with van der Waals surface area (Å²) < 4.78 is 11.8. The van der Waals surface area contributed by atoms with E-state index in [1.165, 1.54) is 24.2 Å². The van der Waals surface area contributed by atoms with Gasteiger partial charge in [0.05, 0.1) is 12.1 Å². The number of hydrogen-bond donors (Lipinski definition) is 1. The van der Waals surface area contributed by atoms with E-state index < -0.39 is 6.67 Å². The highest BCUT2D eigenvalue weighted by atomic mass is 32.1. The molecular formula is C10H13FN2OS. The van der Waals surface area contributed by atoms with Gasteiger partial charge in [0.15, 0.2) is 0 Å². The summed E-state index contributed by atoms with van der Waals surface area (Å²) >= 11 is 1.51. The van der Waals surface area contributed by atoms with Crippen LogP contribution in [0.3, 0.4) is 0 Å². The molecule has 0 aromatic carbocycles. The van der Waals surface area contributed by atoms with Crippen molar-refractivity contribution >= 4 is 17.2 Å². The number of halogens is 1. The lowest BCUT2D eigenvalue weighted by Crippen LogP contribution is -2.26. The highest BCUT2D eigenvalue weighted by Gasteiger charge is 2.26. The third-order valence-electron chi connectivity index (χ3n) is 2.29. The van der Waals surface area contributed by atoms with Gasteiger partial charge in [-0.15, -0.1) is 11.3 Å². The van der Waals surface area contributed by atoms with Crippen molar-refractivity contribution < 1.29 is 9.18 Å². The lowest BCUT2D eigenvalue weighted by Gasteiger charge is -1.99. The molecule has 1 fully saturated rings. The van der Waals surface area contributed by atoms with Crippen LogP contribution < -0.4 is 5.32 Å². The maximum Gasteiger partial charge on any atom is 0.226 e. The summed E-state index contributed by atoms with van der Waals surface area (Å²) in [6.45, 7) is -0.420. The van der Waals surface area contributed by atoms with Crippen LogP contribution in [0.25, 0.3) is 0 Å². The third kappa shape index (κ3) is 2.99. The van der Waals surface area contributed by atoms with E-state index in [-0.39, 0.29) is 18.9 Å². The van der Waals surface area contributed by atoms with Crippen LogP contribution >= 0.6 is 11.3 Å². The number of nitrogens with zero attached hydrogens (tertiary/aromatic N) is 1. The summed E-state index contributed by atoms with van der Waals surface area (Å²) in [5.74, 6) is 0.480. The van der Waals surface area contributed by atoms with Crippen molar-refractivity contribution in [2.24, 2.45) is 0 Å². The Hall–Kier alpha value is -0.970. The van der Waals surface area contributed by atoms with Crippen molar-refractivity contribution in [2.75, 3.05) is 13.2 Å². The van der Waals surface area contributed by atoms with Gasteiger partial charge in [0, 0.05) is 17.8 Å². The van der Waals surface area contributed by atoms with Crippen LogP contribution in [0.1, 0.15) is 29.5 Å². The second-order valence-corrected chi connectivity index (χ2v) is 4.60. The van der Waals surface area contributed by atoms with Crippen LogP contribution in [0.4, 0.5) is 4.39 Å². The molecule has 0 spiro atoms. The topological polar surface area (TPSA) is 42.0 Å². The van der Waals surface area contributed by atoms with Gasteiger partial charge in [0.1, 0.15) is 11.7 Å². The summed E-state index contributed by atoms with van der Waals surface area (Å²) in [7, 11) is 0. The smallest absolute Gasteiger partial charge is 0.226 e. The number of carbonyl (C=O) groups excluding carboxylic acids is 1. The van der Waals surface area contributed by atoms with E-state index in [1.807, 2.05) is 5.38 Å². The van der Waals surface area contributed by atoms with Gasteiger partial charge in [-0.25, -0.2) is 9.37 Å². The Balaban J connectivity index is 1.84. The van der Waals surface area contributed by atoms with E-state index >= 15 is 0 Å². The van der Waals surface area contributed by atoms with Crippen LogP contribution in [-0.4, -0.2) is 24.1 Å². The van der Waals surface area contributed by atoms with Gasteiger partial charge in [0.25, 0.3) is 0 Å². The quantitative estimate of drug-likeness (QED) is 0.832. The van der Waals surface area contributed by atoms with E-state index in [1.54, 1.807) is 0 Å². The summed E-state index contributed by atoms with van der Waals surface area (Å²) in [5, 5.41) is 5.34. The minimum Gasteiger partial charge on any atom is -0.353 e. The number of amides is 1.